The van der Waals surface area contributed by atoms with Crippen LogP contribution in [-0.2, 0) is 4.74 Å². The van der Waals surface area contributed by atoms with Crippen molar-refractivity contribution in [3.8, 4) is 0 Å². The molecule has 0 atom stereocenters. The topological polar surface area (TPSA) is 54.5 Å². The molecule has 1 N–H and O–H groups in total. The molecule has 1 fully saturated rings. The molecule has 0 radical (unpaired) electrons. The quantitative estimate of drug-likeness (QED) is 0.791. The number of methoxy groups -OCH3 is 1. The minimum absolute atomic E-state index is 0.00610. The molecule has 1 saturated carbocycles. The van der Waals surface area contributed by atoms with Crippen molar-refractivity contribution in [3.05, 3.63) is 24.0 Å². The van der Waals surface area contributed by atoms with E-state index in [1.54, 1.807) is 19.4 Å². The van der Waals surface area contributed by atoms with Crippen molar-refractivity contribution in [2.45, 2.75) is 32.2 Å². The Kier molecular flexibility index (Phi) is 5.35. The van der Waals surface area contributed by atoms with E-state index in [0.29, 0.717) is 24.9 Å². The molecule has 0 unspecified atom stereocenters. The Labute approximate surface area is 120 Å². The molecular formula is C15H23N3O2. The lowest BCUT2D eigenvalue weighted by molar-refractivity contribution is 0.0674. The van der Waals surface area contributed by atoms with Crippen LogP contribution in [-0.4, -0.2) is 48.6 Å². The van der Waals surface area contributed by atoms with Crippen LogP contribution in [0.4, 0.5) is 5.69 Å². The number of anilines is 1. The fourth-order valence-electron chi connectivity index (χ4n) is 2.07. The van der Waals surface area contributed by atoms with Gasteiger partial charge in [-0.2, -0.15) is 0 Å². The van der Waals surface area contributed by atoms with Gasteiger partial charge in [-0.05, 0) is 31.4 Å². The highest BCUT2D eigenvalue weighted by Crippen LogP contribution is 2.27. The van der Waals surface area contributed by atoms with Crippen LogP contribution in [0.2, 0.25) is 0 Å². The smallest absolute Gasteiger partial charge is 0.272 e. The van der Waals surface area contributed by atoms with Crippen molar-refractivity contribution >= 4 is 11.6 Å². The number of ether oxygens (including phenoxy) is 1. The molecule has 0 bridgehead atoms. The maximum absolute atomic E-state index is 12.4. The number of carbonyl (C=O) groups is 1. The second kappa shape index (κ2) is 7.24. The van der Waals surface area contributed by atoms with Gasteiger partial charge in [0.1, 0.15) is 5.69 Å². The van der Waals surface area contributed by atoms with E-state index in [4.69, 9.17) is 4.74 Å². The van der Waals surface area contributed by atoms with E-state index in [-0.39, 0.29) is 5.91 Å². The van der Waals surface area contributed by atoms with Crippen molar-refractivity contribution in [3.63, 3.8) is 0 Å². The monoisotopic (exact) mass is 277 g/mol. The number of pyridine rings is 1. The van der Waals surface area contributed by atoms with Gasteiger partial charge < -0.3 is 15.0 Å². The van der Waals surface area contributed by atoms with E-state index in [1.165, 1.54) is 0 Å². The fraction of sp³-hybridized carbons (Fsp3) is 0.600. The van der Waals surface area contributed by atoms with Crippen LogP contribution in [0.1, 0.15) is 36.7 Å². The number of hydrogen-bond acceptors (Lipinski definition) is 4. The molecule has 5 heteroatoms. The molecule has 0 saturated heterocycles. The maximum atomic E-state index is 12.4. The van der Waals surface area contributed by atoms with E-state index in [9.17, 15) is 4.79 Å². The molecule has 0 aliphatic heterocycles. The fourth-order valence-corrected chi connectivity index (χ4v) is 2.07. The summed E-state index contributed by atoms with van der Waals surface area (Å²) in [5.41, 5.74) is 1.47. The second-order valence-corrected chi connectivity index (χ2v) is 5.08. The SMILES string of the molecule is CCCNc1ccc(C(=O)N(CCOC)C2CC2)nc1. The molecule has 0 spiro atoms. The summed E-state index contributed by atoms with van der Waals surface area (Å²) in [6.07, 6.45) is 4.97. The normalized spacial score (nSPS) is 14.1. The predicted octanol–water partition coefficient (Wildman–Crippen LogP) is 2.15. The van der Waals surface area contributed by atoms with E-state index >= 15 is 0 Å². The lowest BCUT2D eigenvalue weighted by Gasteiger charge is -2.21. The molecule has 1 aliphatic carbocycles. The molecule has 2 rings (SSSR count). The van der Waals surface area contributed by atoms with Crippen LogP contribution in [0.5, 0.6) is 0 Å². The second-order valence-electron chi connectivity index (χ2n) is 5.08. The summed E-state index contributed by atoms with van der Waals surface area (Å²) in [4.78, 5) is 18.6. The molecule has 0 aromatic carbocycles. The minimum atomic E-state index is 0.00610. The van der Waals surface area contributed by atoms with Crippen molar-refractivity contribution in [2.75, 3.05) is 32.1 Å². The lowest BCUT2D eigenvalue weighted by Crippen LogP contribution is -2.36. The summed E-state index contributed by atoms with van der Waals surface area (Å²) in [6, 6.07) is 4.08. The summed E-state index contributed by atoms with van der Waals surface area (Å²) < 4.78 is 5.08. The maximum Gasteiger partial charge on any atom is 0.272 e. The van der Waals surface area contributed by atoms with Gasteiger partial charge >= 0.3 is 0 Å². The predicted molar refractivity (Wildman–Crippen MR) is 79.0 cm³/mol. The molecule has 5 nitrogen and oxygen atoms in total. The molecule has 1 aromatic heterocycles. The molecule has 1 amide bonds. The third-order valence-electron chi connectivity index (χ3n) is 3.35. The molecular weight excluding hydrogens is 254 g/mol. The summed E-state index contributed by atoms with van der Waals surface area (Å²) in [5, 5.41) is 3.25. The highest BCUT2D eigenvalue weighted by atomic mass is 16.5. The van der Waals surface area contributed by atoms with Gasteiger partial charge in [0.15, 0.2) is 0 Å². The number of amides is 1. The van der Waals surface area contributed by atoms with Gasteiger partial charge in [-0.15, -0.1) is 0 Å². The molecule has 1 aliphatic rings. The third-order valence-corrected chi connectivity index (χ3v) is 3.35. The van der Waals surface area contributed by atoms with Gasteiger partial charge in [0.25, 0.3) is 5.91 Å². The van der Waals surface area contributed by atoms with Crippen LogP contribution in [0.25, 0.3) is 0 Å². The first-order chi connectivity index (χ1) is 9.76. The molecule has 110 valence electrons. The van der Waals surface area contributed by atoms with Crippen molar-refractivity contribution in [1.29, 1.82) is 0 Å². The number of nitrogens with one attached hydrogen (secondary N) is 1. The Bertz CT molecular complexity index is 429. The first kappa shape index (κ1) is 14.8. The van der Waals surface area contributed by atoms with E-state index < -0.39 is 0 Å². The van der Waals surface area contributed by atoms with Gasteiger partial charge in [-0.3, -0.25) is 4.79 Å². The van der Waals surface area contributed by atoms with E-state index in [2.05, 4.69) is 17.2 Å². The van der Waals surface area contributed by atoms with Gasteiger partial charge in [-0.1, -0.05) is 6.92 Å². The van der Waals surface area contributed by atoms with Crippen LogP contribution in [0, 0.1) is 0 Å². The number of nitrogens with zero attached hydrogens (tertiary/aromatic N) is 2. The zero-order valence-corrected chi connectivity index (χ0v) is 12.3. The Morgan fingerprint density at radius 3 is 2.85 bits per heavy atom. The summed E-state index contributed by atoms with van der Waals surface area (Å²) in [7, 11) is 1.65. The van der Waals surface area contributed by atoms with Crippen molar-refractivity contribution in [1.82, 2.24) is 9.88 Å². The van der Waals surface area contributed by atoms with Crippen LogP contribution in [0.3, 0.4) is 0 Å². The van der Waals surface area contributed by atoms with Gasteiger partial charge in [-0.25, -0.2) is 4.98 Å². The van der Waals surface area contributed by atoms with Crippen LogP contribution < -0.4 is 5.32 Å². The summed E-state index contributed by atoms with van der Waals surface area (Å²) >= 11 is 0. The van der Waals surface area contributed by atoms with Crippen molar-refractivity contribution < 1.29 is 9.53 Å². The van der Waals surface area contributed by atoms with Gasteiger partial charge in [0.2, 0.25) is 0 Å². The minimum Gasteiger partial charge on any atom is -0.384 e. The Morgan fingerprint density at radius 2 is 2.30 bits per heavy atom. The van der Waals surface area contributed by atoms with Gasteiger partial charge in [0.05, 0.1) is 18.5 Å². The molecule has 20 heavy (non-hydrogen) atoms. The molecule has 1 aromatic rings. The largest absolute Gasteiger partial charge is 0.384 e. The third kappa shape index (κ3) is 3.93. The number of rotatable bonds is 8. The zero-order valence-electron chi connectivity index (χ0n) is 12.3. The van der Waals surface area contributed by atoms with Crippen LogP contribution in [0.15, 0.2) is 18.3 Å². The molecule has 1 heterocycles. The highest BCUT2D eigenvalue weighted by molar-refractivity contribution is 5.93. The van der Waals surface area contributed by atoms with Crippen LogP contribution >= 0.6 is 0 Å². The zero-order chi connectivity index (χ0) is 14.4. The van der Waals surface area contributed by atoms with Crippen molar-refractivity contribution in [2.24, 2.45) is 0 Å². The van der Waals surface area contributed by atoms with E-state index in [1.807, 2.05) is 11.0 Å². The standard InChI is InChI=1S/C15H23N3O2/c1-3-8-16-12-4-7-14(17-11-12)15(19)18(9-10-20-2)13-5-6-13/h4,7,11,13,16H,3,5-6,8-10H2,1-2H3. The average molecular weight is 277 g/mol. The Hall–Kier alpha value is -1.62. The first-order valence-corrected chi connectivity index (χ1v) is 7.26. The number of hydrogen-bond donors (Lipinski definition) is 1. The lowest BCUT2D eigenvalue weighted by atomic mass is 10.3. The number of aromatic nitrogens is 1. The van der Waals surface area contributed by atoms with Gasteiger partial charge in [0, 0.05) is 26.2 Å². The van der Waals surface area contributed by atoms with E-state index in [0.717, 1.165) is 31.5 Å². The Balaban J connectivity index is 1.99. The summed E-state index contributed by atoms with van der Waals surface area (Å²) in [5.74, 6) is 0.00610. The average Bonchev–Trinajstić information content (AvgIpc) is 3.30. The first-order valence-electron chi connectivity index (χ1n) is 7.26. The Morgan fingerprint density at radius 1 is 1.50 bits per heavy atom. The summed E-state index contributed by atoms with van der Waals surface area (Å²) in [6.45, 7) is 4.23. The highest BCUT2D eigenvalue weighted by Gasteiger charge is 2.33. The number of carbonyl (C=O) groups excluding carboxylic acids is 1.